The number of unbranched alkanes of at least 4 members (excludes halogenated alkanes) is 1. The summed E-state index contributed by atoms with van der Waals surface area (Å²) >= 11 is 1.02. The third-order valence-electron chi connectivity index (χ3n) is 2.36. The lowest BCUT2D eigenvalue weighted by atomic mass is 10.3. The van der Waals surface area contributed by atoms with Crippen molar-refractivity contribution in [2.24, 2.45) is 0 Å². The van der Waals surface area contributed by atoms with E-state index in [0.717, 1.165) is 24.6 Å². The number of aromatic nitrogens is 2. The quantitative estimate of drug-likeness (QED) is 0.841. The van der Waals surface area contributed by atoms with Gasteiger partial charge < -0.3 is 0 Å². The molecule has 92 valence electrons. The van der Waals surface area contributed by atoms with Crippen molar-refractivity contribution in [2.45, 2.75) is 24.7 Å². The maximum Gasteiger partial charge on any atom is 0.242 e. The van der Waals surface area contributed by atoms with Gasteiger partial charge in [-0.2, -0.15) is 8.75 Å². The second-order valence-electron chi connectivity index (χ2n) is 3.64. The highest BCUT2D eigenvalue weighted by Gasteiger charge is 2.18. The average Bonchev–Trinajstić information content (AvgIpc) is 2.76. The van der Waals surface area contributed by atoms with E-state index in [4.69, 9.17) is 0 Å². The molecule has 0 atom stereocenters. The fraction of sp³-hybridized carbons (Fsp3) is 0.400. The second-order valence-corrected chi connectivity index (χ2v) is 5.90. The Bertz CT molecular complexity index is 607. The van der Waals surface area contributed by atoms with E-state index in [1.54, 1.807) is 18.2 Å². The molecule has 2 rings (SSSR count). The van der Waals surface area contributed by atoms with Gasteiger partial charge in [-0.25, -0.2) is 13.1 Å². The largest absolute Gasteiger partial charge is 0.242 e. The molecule has 1 heterocycles. The number of benzene rings is 1. The van der Waals surface area contributed by atoms with E-state index in [2.05, 4.69) is 13.5 Å². The molecule has 0 unspecified atom stereocenters. The van der Waals surface area contributed by atoms with Crippen LogP contribution in [-0.4, -0.2) is 23.7 Å². The van der Waals surface area contributed by atoms with E-state index in [9.17, 15) is 8.42 Å². The summed E-state index contributed by atoms with van der Waals surface area (Å²) in [5, 5.41) is 0. The maximum atomic E-state index is 12.0. The molecule has 1 aromatic carbocycles. The summed E-state index contributed by atoms with van der Waals surface area (Å²) in [7, 11) is -3.47. The van der Waals surface area contributed by atoms with Gasteiger partial charge >= 0.3 is 0 Å². The van der Waals surface area contributed by atoms with Crippen LogP contribution in [0.4, 0.5) is 0 Å². The van der Waals surface area contributed by atoms with Gasteiger partial charge in [-0.15, -0.1) is 0 Å². The lowest BCUT2D eigenvalue weighted by Gasteiger charge is -2.05. The Morgan fingerprint density at radius 2 is 2.18 bits per heavy atom. The topological polar surface area (TPSA) is 72.0 Å². The first-order valence-electron chi connectivity index (χ1n) is 5.36. The van der Waals surface area contributed by atoms with Gasteiger partial charge in [0, 0.05) is 6.54 Å². The smallest absolute Gasteiger partial charge is 0.211 e. The van der Waals surface area contributed by atoms with Gasteiger partial charge in [0.15, 0.2) is 0 Å². The number of fused-ring (bicyclic) bond motifs is 1. The van der Waals surface area contributed by atoms with Gasteiger partial charge in [-0.05, 0) is 18.6 Å². The zero-order valence-corrected chi connectivity index (χ0v) is 11.0. The normalized spacial score (nSPS) is 12.1. The van der Waals surface area contributed by atoms with Gasteiger partial charge in [-0.3, -0.25) is 0 Å². The number of nitrogens with zero attached hydrogens (tertiary/aromatic N) is 2. The van der Waals surface area contributed by atoms with Crippen molar-refractivity contribution in [3.8, 4) is 0 Å². The summed E-state index contributed by atoms with van der Waals surface area (Å²) in [5.74, 6) is 0. The molecule has 0 fully saturated rings. The van der Waals surface area contributed by atoms with Gasteiger partial charge in [0.25, 0.3) is 0 Å². The molecule has 0 aliphatic rings. The minimum Gasteiger partial charge on any atom is -0.211 e. The predicted octanol–water partition coefficient (Wildman–Crippen LogP) is 1.77. The molecule has 7 heteroatoms. The molecule has 0 radical (unpaired) electrons. The number of sulfonamides is 1. The fourth-order valence-corrected chi connectivity index (χ4v) is 3.30. The van der Waals surface area contributed by atoms with E-state index in [0.29, 0.717) is 17.6 Å². The van der Waals surface area contributed by atoms with Crippen LogP contribution in [0.2, 0.25) is 0 Å². The van der Waals surface area contributed by atoms with E-state index >= 15 is 0 Å². The minimum absolute atomic E-state index is 0.208. The van der Waals surface area contributed by atoms with Crippen LogP contribution in [0.15, 0.2) is 23.1 Å². The molecule has 0 saturated heterocycles. The summed E-state index contributed by atoms with van der Waals surface area (Å²) in [6.07, 6.45) is 1.77. The van der Waals surface area contributed by atoms with Crippen molar-refractivity contribution >= 4 is 32.8 Å². The Hall–Kier alpha value is -1.05. The third-order valence-corrected chi connectivity index (χ3v) is 4.40. The summed E-state index contributed by atoms with van der Waals surface area (Å²) in [5.41, 5.74) is 1.06. The Morgan fingerprint density at radius 1 is 1.35 bits per heavy atom. The number of hydrogen-bond donors (Lipinski definition) is 1. The highest BCUT2D eigenvalue weighted by molar-refractivity contribution is 7.89. The predicted molar refractivity (Wildman–Crippen MR) is 67.5 cm³/mol. The molecule has 1 N–H and O–H groups in total. The first-order valence-corrected chi connectivity index (χ1v) is 7.57. The maximum absolute atomic E-state index is 12.0. The summed E-state index contributed by atoms with van der Waals surface area (Å²) in [6.45, 7) is 2.46. The summed E-state index contributed by atoms with van der Waals surface area (Å²) < 4.78 is 34.7. The summed E-state index contributed by atoms with van der Waals surface area (Å²) in [4.78, 5) is 0.208. The van der Waals surface area contributed by atoms with Crippen LogP contribution in [0.5, 0.6) is 0 Å². The first kappa shape index (κ1) is 12.4. The molecule has 5 nitrogen and oxygen atoms in total. The van der Waals surface area contributed by atoms with E-state index in [1.807, 2.05) is 6.92 Å². The highest BCUT2D eigenvalue weighted by atomic mass is 32.2. The van der Waals surface area contributed by atoms with Crippen LogP contribution in [0, 0.1) is 0 Å². The molecule has 2 aromatic rings. The fourth-order valence-electron chi connectivity index (χ4n) is 1.46. The van der Waals surface area contributed by atoms with Gasteiger partial charge in [0.05, 0.1) is 11.7 Å². The van der Waals surface area contributed by atoms with Crippen molar-refractivity contribution in [1.82, 2.24) is 13.5 Å². The molecule has 0 saturated carbocycles. The van der Waals surface area contributed by atoms with Gasteiger partial charge in [0.2, 0.25) is 10.0 Å². The van der Waals surface area contributed by atoms with Crippen molar-refractivity contribution in [2.75, 3.05) is 6.54 Å². The molecular formula is C10H13N3O2S2. The SMILES string of the molecule is CCCCNS(=O)(=O)c1cccc2nsnc12. The summed E-state index contributed by atoms with van der Waals surface area (Å²) in [6, 6.07) is 4.99. The standard InChI is InChI=1S/C10H13N3O2S2/c1-2-3-7-11-17(14,15)9-6-4-5-8-10(9)13-16-12-8/h4-6,11H,2-3,7H2,1H3. The lowest BCUT2D eigenvalue weighted by molar-refractivity contribution is 0.579. The molecular weight excluding hydrogens is 258 g/mol. The van der Waals surface area contributed by atoms with Crippen LogP contribution in [0.25, 0.3) is 11.0 Å². The van der Waals surface area contributed by atoms with E-state index < -0.39 is 10.0 Å². The molecule has 17 heavy (non-hydrogen) atoms. The van der Waals surface area contributed by atoms with Gasteiger partial charge in [0.1, 0.15) is 15.9 Å². The minimum atomic E-state index is -3.47. The van der Waals surface area contributed by atoms with Crippen LogP contribution >= 0.6 is 11.7 Å². The lowest BCUT2D eigenvalue weighted by Crippen LogP contribution is -2.24. The Morgan fingerprint density at radius 3 is 2.94 bits per heavy atom. The van der Waals surface area contributed by atoms with Crippen LogP contribution < -0.4 is 4.72 Å². The van der Waals surface area contributed by atoms with E-state index in [1.165, 1.54) is 0 Å². The molecule has 1 aromatic heterocycles. The average molecular weight is 271 g/mol. The van der Waals surface area contributed by atoms with Gasteiger partial charge in [-0.1, -0.05) is 19.4 Å². The van der Waals surface area contributed by atoms with Crippen molar-refractivity contribution in [1.29, 1.82) is 0 Å². The monoisotopic (exact) mass is 271 g/mol. The molecule has 0 spiro atoms. The zero-order valence-electron chi connectivity index (χ0n) is 9.38. The molecule has 0 aliphatic carbocycles. The Balaban J connectivity index is 2.35. The first-order chi connectivity index (χ1) is 8.15. The molecule has 0 aliphatic heterocycles. The third kappa shape index (κ3) is 2.62. The van der Waals surface area contributed by atoms with Crippen molar-refractivity contribution < 1.29 is 8.42 Å². The number of hydrogen-bond acceptors (Lipinski definition) is 5. The zero-order chi connectivity index (χ0) is 12.3. The molecule has 0 amide bonds. The Kier molecular flexibility index (Phi) is 3.70. The second kappa shape index (κ2) is 5.07. The van der Waals surface area contributed by atoms with Crippen LogP contribution in [-0.2, 0) is 10.0 Å². The molecule has 0 bridgehead atoms. The Labute approximate surface area is 104 Å². The number of nitrogens with one attached hydrogen (secondary N) is 1. The van der Waals surface area contributed by atoms with Crippen molar-refractivity contribution in [3.63, 3.8) is 0 Å². The number of rotatable bonds is 5. The van der Waals surface area contributed by atoms with Crippen molar-refractivity contribution in [3.05, 3.63) is 18.2 Å². The van der Waals surface area contributed by atoms with Crippen LogP contribution in [0.1, 0.15) is 19.8 Å². The van der Waals surface area contributed by atoms with E-state index in [-0.39, 0.29) is 4.90 Å². The van der Waals surface area contributed by atoms with Crippen LogP contribution in [0.3, 0.4) is 0 Å². The highest BCUT2D eigenvalue weighted by Crippen LogP contribution is 2.20.